The Morgan fingerprint density at radius 2 is 1.79 bits per heavy atom. The van der Waals surface area contributed by atoms with Crippen LogP contribution in [0, 0.1) is 0 Å². The molecule has 3 rings (SSSR count). The second-order valence-corrected chi connectivity index (χ2v) is 8.94. The maximum Gasteiger partial charge on any atom is 0.246 e. The molecular formula is C17H18BrClN2O2S. The molecule has 0 aliphatic carbocycles. The lowest BCUT2D eigenvalue weighted by Crippen LogP contribution is -2.49. The number of rotatable bonds is 3. The quantitative estimate of drug-likeness (QED) is 0.745. The van der Waals surface area contributed by atoms with Crippen LogP contribution in [0.2, 0.25) is 5.02 Å². The van der Waals surface area contributed by atoms with Gasteiger partial charge in [-0.3, -0.25) is 0 Å². The summed E-state index contributed by atoms with van der Waals surface area (Å²) in [6, 6.07) is 14.5. The topological polar surface area (TPSA) is 40.6 Å². The minimum absolute atomic E-state index is 0.136. The van der Waals surface area contributed by atoms with E-state index in [2.05, 4.69) is 20.8 Å². The molecule has 0 saturated carbocycles. The van der Waals surface area contributed by atoms with Crippen LogP contribution in [0.5, 0.6) is 0 Å². The Morgan fingerprint density at radius 1 is 1.08 bits per heavy atom. The Bertz CT molecular complexity index is 809. The monoisotopic (exact) mass is 428 g/mol. The van der Waals surface area contributed by atoms with Crippen LogP contribution in [-0.4, -0.2) is 44.3 Å². The van der Waals surface area contributed by atoms with E-state index in [4.69, 9.17) is 11.6 Å². The van der Waals surface area contributed by atoms with E-state index in [1.54, 1.807) is 22.5 Å². The summed E-state index contributed by atoms with van der Waals surface area (Å²) in [5.74, 6) is 0. The van der Waals surface area contributed by atoms with Crippen molar-refractivity contribution in [2.45, 2.75) is 10.9 Å². The van der Waals surface area contributed by atoms with Crippen molar-refractivity contribution in [1.82, 2.24) is 9.21 Å². The van der Waals surface area contributed by atoms with Crippen LogP contribution >= 0.6 is 27.5 Å². The molecule has 4 nitrogen and oxygen atoms in total. The zero-order valence-electron chi connectivity index (χ0n) is 13.2. The van der Waals surface area contributed by atoms with Crippen LogP contribution in [0.1, 0.15) is 11.6 Å². The molecule has 1 heterocycles. The fraction of sp³-hybridized carbons (Fsp3) is 0.294. The number of hydrogen-bond donors (Lipinski definition) is 0. The first kappa shape index (κ1) is 17.9. The van der Waals surface area contributed by atoms with E-state index in [1.165, 1.54) is 0 Å². The second-order valence-electron chi connectivity index (χ2n) is 5.86. The number of piperazine rings is 1. The largest absolute Gasteiger partial charge is 0.303 e. The standard InChI is InChI=1S/C17H18BrClN2O2S/c1-20-10-11-21(16(12-20)13-6-3-2-4-7-13)24(22,23)17-14(18)8-5-9-15(17)19/h2-9,16H,10-12H2,1H3. The Balaban J connectivity index is 2.08. The lowest BCUT2D eigenvalue weighted by molar-refractivity contribution is 0.160. The molecule has 1 unspecified atom stereocenters. The van der Waals surface area contributed by atoms with Gasteiger partial charge in [0.2, 0.25) is 10.0 Å². The van der Waals surface area contributed by atoms with Crippen molar-refractivity contribution in [3.63, 3.8) is 0 Å². The summed E-state index contributed by atoms with van der Waals surface area (Å²) in [5, 5.41) is 0.232. The van der Waals surface area contributed by atoms with Crippen molar-refractivity contribution in [1.29, 1.82) is 0 Å². The van der Waals surface area contributed by atoms with Gasteiger partial charge in [0.05, 0.1) is 11.1 Å². The van der Waals surface area contributed by atoms with Crippen LogP contribution in [-0.2, 0) is 10.0 Å². The highest BCUT2D eigenvalue weighted by Gasteiger charge is 2.37. The zero-order valence-corrected chi connectivity index (χ0v) is 16.4. The first-order valence-corrected chi connectivity index (χ1v) is 10.2. The number of likely N-dealkylation sites (N-methyl/N-ethyl adjacent to an activating group) is 1. The Labute approximate surface area is 156 Å². The number of hydrogen-bond acceptors (Lipinski definition) is 3. The van der Waals surface area contributed by atoms with Gasteiger partial charge in [-0.2, -0.15) is 4.31 Å². The van der Waals surface area contributed by atoms with Gasteiger partial charge in [-0.1, -0.05) is 48.0 Å². The smallest absolute Gasteiger partial charge is 0.246 e. The molecule has 1 atom stereocenters. The Morgan fingerprint density at radius 3 is 2.46 bits per heavy atom. The maximum atomic E-state index is 13.3. The van der Waals surface area contributed by atoms with Crippen molar-refractivity contribution >= 4 is 37.6 Å². The van der Waals surface area contributed by atoms with E-state index in [9.17, 15) is 8.42 Å². The van der Waals surface area contributed by atoms with Gasteiger partial charge >= 0.3 is 0 Å². The summed E-state index contributed by atoms with van der Waals surface area (Å²) in [7, 11) is -1.71. The fourth-order valence-electron chi connectivity index (χ4n) is 2.98. The zero-order chi connectivity index (χ0) is 17.3. The molecule has 2 aromatic rings. The molecule has 0 N–H and O–H groups in total. The van der Waals surface area contributed by atoms with Crippen LogP contribution in [0.3, 0.4) is 0 Å². The van der Waals surface area contributed by atoms with Crippen LogP contribution < -0.4 is 0 Å². The SMILES string of the molecule is CN1CCN(S(=O)(=O)c2c(Cl)cccc2Br)C(c2ccccc2)C1. The van der Waals surface area contributed by atoms with Crippen molar-refractivity contribution in [3.05, 3.63) is 63.6 Å². The summed E-state index contributed by atoms with van der Waals surface area (Å²) in [6.45, 7) is 1.76. The van der Waals surface area contributed by atoms with Gasteiger partial charge in [-0.15, -0.1) is 0 Å². The first-order valence-electron chi connectivity index (χ1n) is 7.60. The van der Waals surface area contributed by atoms with Crippen LogP contribution in [0.4, 0.5) is 0 Å². The summed E-state index contributed by atoms with van der Waals surface area (Å²) in [4.78, 5) is 2.28. The minimum atomic E-state index is -3.72. The third kappa shape index (κ3) is 3.39. The van der Waals surface area contributed by atoms with E-state index in [-0.39, 0.29) is 16.0 Å². The molecule has 2 aromatic carbocycles. The van der Waals surface area contributed by atoms with E-state index < -0.39 is 10.0 Å². The molecule has 1 aliphatic rings. The molecule has 1 fully saturated rings. The van der Waals surface area contributed by atoms with Crippen LogP contribution in [0.15, 0.2) is 57.9 Å². The van der Waals surface area contributed by atoms with Crippen molar-refractivity contribution in [2.24, 2.45) is 0 Å². The number of nitrogens with zero attached hydrogens (tertiary/aromatic N) is 2. The third-order valence-corrected chi connectivity index (χ3v) is 7.56. The molecule has 1 aliphatic heterocycles. The average Bonchev–Trinajstić information content (AvgIpc) is 2.55. The predicted molar refractivity (Wildman–Crippen MR) is 99.7 cm³/mol. The minimum Gasteiger partial charge on any atom is -0.303 e. The Kier molecular flexibility index (Phi) is 5.32. The highest BCUT2D eigenvalue weighted by Crippen LogP contribution is 2.36. The highest BCUT2D eigenvalue weighted by molar-refractivity contribution is 9.10. The number of benzene rings is 2. The fourth-order valence-corrected chi connectivity index (χ4v) is 6.25. The molecule has 0 amide bonds. The van der Waals surface area contributed by atoms with Gasteiger partial charge in [-0.05, 0) is 40.7 Å². The number of halogens is 2. The van der Waals surface area contributed by atoms with E-state index >= 15 is 0 Å². The van der Waals surface area contributed by atoms with Gasteiger partial charge < -0.3 is 4.90 Å². The van der Waals surface area contributed by atoms with Crippen molar-refractivity contribution < 1.29 is 8.42 Å². The lowest BCUT2D eigenvalue weighted by atomic mass is 10.1. The van der Waals surface area contributed by atoms with Gasteiger partial charge in [0.25, 0.3) is 0 Å². The Hall–Kier alpha value is -0.920. The molecule has 24 heavy (non-hydrogen) atoms. The van der Waals surface area contributed by atoms with E-state index in [0.717, 1.165) is 5.56 Å². The molecule has 1 saturated heterocycles. The second kappa shape index (κ2) is 7.14. The summed E-state index contributed by atoms with van der Waals surface area (Å²) in [6.07, 6.45) is 0. The van der Waals surface area contributed by atoms with Gasteiger partial charge in [-0.25, -0.2) is 8.42 Å². The highest BCUT2D eigenvalue weighted by atomic mass is 79.9. The molecule has 0 bridgehead atoms. The van der Waals surface area contributed by atoms with E-state index in [0.29, 0.717) is 24.1 Å². The molecule has 0 spiro atoms. The summed E-state index contributed by atoms with van der Waals surface area (Å²) in [5.41, 5.74) is 0.982. The summed E-state index contributed by atoms with van der Waals surface area (Å²) < 4.78 is 28.7. The average molecular weight is 430 g/mol. The molecule has 128 valence electrons. The van der Waals surface area contributed by atoms with E-state index in [1.807, 2.05) is 37.4 Å². The lowest BCUT2D eigenvalue weighted by Gasteiger charge is -2.39. The first-order chi connectivity index (χ1) is 11.4. The third-order valence-electron chi connectivity index (χ3n) is 4.20. The van der Waals surface area contributed by atoms with Gasteiger partial charge in [0.1, 0.15) is 4.90 Å². The normalized spacial score (nSPS) is 20.2. The maximum absolute atomic E-state index is 13.3. The van der Waals surface area contributed by atoms with Gasteiger partial charge in [0.15, 0.2) is 0 Å². The van der Waals surface area contributed by atoms with Crippen LogP contribution in [0.25, 0.3) is 0 Å². The molecular weight excluding hydrogens is 412 g/mol. The predicted octanol–water partition coefficient (Wildman–Crippen LogP) is 3.78. The molecule has 0 radical (unpaired) electrons. The van der Waals surface area contributed by atoms with Crippen molar-refractivity contribution in [2.75, 3.05) is 26.7 Å². The molecule has 0 aromatic heterocycles. The number of sulfonamides is 1. The summed E-state index contributed by atoms with van der Waals surface area (Å²) >= 11 is 9.55. The van der Waals surface area contributed by atoms with Gasteiger partial charge in [0, 0.05) is 24.1 Å². The molecule has 7 heteroatoms. The van der Waals surface area contributed by atoms with Crippen molar-refractivity contribution in [3.8, 4) is 0 Å².